The molecule has 0 aromatic heterocycles. The van der Waals surface area contributed by atoms with Gasteiger partial charge in [0.05, 0.1) is 126 Å². The second-order valence-electron chi connectivity index (χ2n) is 31.8. The number of hydrogen-bond acceptors (Lipinski definition) is 31. The van der Waals surface area contributed by atoms with E-state index >= 15 is 0 Å². The fourth-order valence-corrected chi connectivity index (χ4v) is 19.4. The van der Waals surface area contributed by atoms with Crippen LogP contribution in [0.5, 0.6) is 0 Å². The van der Waals surface area contributed by atoms with Crippen LogP contribution in [-0.4, -0.2) is 334 Å². The molecule has 5 aliphatic heterocycles. The van der Waals surface area contributed by atoms with Gasteiger partial charge in [0.15, 0.2) is 33.9 Å². The van der Waals surface area contributed by atoms with Crippen molar-refractivity contribution in [1.29, 1.82) is 0 Å². The number of halogens is 6. The van der Waals surface area contributed by atoms with Crippen LogP contribution in [0.2, 0.25) is 30.1 Å². The molecule has 5 heterocycles. The minimum Gasteiger partial charge on any atom is -0.479 e. The number of sulfone groups is 1. The lowest BCUT2D eigenvalue weighted by Crippen LogP contribution is -2.46. The van der Waals surface area contributed by atoms with Crippen LogP contribution in [0.1, 0.15) is 113 Å². The molecule has 5 amide bonds. The molecular formula is C90H119Cl6N9O29S3. The highest BCUT2D eigenvalue weighted by molar-refractivity contribution is 7.91. The van der Waals surface area contributed by atoms with Gasteiger partial charge in [0, 0.05) is 159 Å². The fraction of sp³-hybridized carbons (Fsp3) is 0.511. The Balaban J connectivity index is 0.000000348. The molecule has 758 valence electrons. The van der Waals surface area contributed by atoms with Crippen LogP contribution in [-0.2, 0) is 131 Å². The van der Waals surface area contributed by atoms with Gasteiger partial charge in [-0.05, 0) is 157 Å². The molecule has 13 N–H and O–H groups in total. The van der Waals surface area contributed by atoms with E-state index in [2.05, 4.69) is 40.1 Å². The average molecular weight is 2100 g/mol. The van der Waals surface area contributed by atoms with Crippen molar-refractivity contribution in [2.24, 2.45) is 5.73 Å². The number of amides is 5. The molecule has 137 heavy (non-hydrogen) atoms. The third-order valence-electron chi connectivity index (χ3n) is 21.3. The second-order valence-corrected chi connectivity index (χ2v) is 40.0. The van der Waals surface area contributed by atoms with Crippen LogP contribution in [0.3, 0.4) is 0 Å². The molecule has 0 radical (unpaired) electrons. The number of imide groups is 2. The van der Waals surface area contributed by atoms with E-state index in [9.17, 15) is 73.8 Å². The summed E-state index contributed by atoms with van der Waals surface area (Å²) >= 11 is 38.3. The number of fused-ring (bicyclic) bond motifs is 3. The number of nitrogens with one attached hydrogen (secondary N) is 5. The molecule has 7 atom stereocenters. The summed E-state index contributed by atoms with van der Waals surface area (Å²) in [6.07, 6.45) is -6.45. The molecule has 2 fully saturated rings. The molecule has 11 rings (SSSR count). The van der Waals surface area contributed by atoms with E-state index in [1.165, 1.54) is 0 Å². The van der Waals surface area contributed by atoms with Crippen molar-refractivity contribution >= 4 is 147 Å². The van der Waals surface area contributed by atoms with Crippen molar-refractivity contribution in [3.8, 4) is 0 Å². The number of likely N-dealkylation sites (N-methyl/N-ethyl adjacent to an activating group) is 3. The first-order chi connectivity index (χ1) is 65.2. The first-order valence-electron chi connectivity index (χ1n) is 43.7. The van der Waals surface area contributed by atoms with Crippen molar-refractivity contribution < 1.29 is 137 Å². The van der Waals surface area contributed by atoms with Gasteiger partial charge in [-0.15, -0.1) is 0 Å². The van der Waals surface area contributed by atoms with Crippen LogP contribution in [0, 0.1) is 0 Å². The first kappa shape index (κ1) is 116. The standard InChI is InChI=1S/C54H70Cl4N4O14S2.C24H33Cl2N3O5S.2C4H5NO2.C4H6O6/c1-61-33-45(43-29-39(55)31-49(57)47(43)35-61)37-6-10-41(11-7-37)77(67,68)28-4-17-72-21-25-75-24-20-71-16-3-5-51(63)52(64)53(65)54(66)59-14-18-73-22-26-76-27-23-74-19-15-60-78(69,70)42-12-8-38(9-13-42)46-34-62(2)36-48-44(46)30-40(56)32-50(48)58;1-29-16-22(21-14-19(25)15-24(26)23(21)17-29)18-2-4-20(5-3-18)35(30,31)28-7-9-33-11-13-34-12-10-32-8-6-27;2*6-3-1-2-4(7)5-3;5-1(3(7)8)2(6)4(9)10/h6-13,29-32,45-46,52-53,60,64-65H,3-5,14-28,33-36H2,1-2H3,(H,59,66);2-5,14-15,22,28H,6-13,16-17,27H2,1H3;2*1-2H2,(H,5,6,7);1-2,5-6H,(H,7,8)(H,9,10)/t45-,46-,52?,53?;22-;;;/m00.../s1. The van der Waals surface area contributed by atoms with Crippen molar-refractivity contribution in [1.82, 2.24) is 40.1 Å². The van der Waals surface area contributed by atoms with Gasteiger partial charge in [-0.2, -0.15) is 0 Å². The minimum atomic E-state index is -3.77. The van der Waals surface area contributed by atoms with Crippen LogP contribution in [0.4, 0.5) is 0 Å². The Morgan fingerprint density at radius 3 is 1.00 bits per heavy atom. The molecule has 4 unspecified atom stereocenters. The highest BCUT2D eigenvalue weighted by atomic mass is 35.5. The fourth-order valence-electron chi connectivity index (χ4n) is 14.4. The van der Waals surface area contributed by atoms with Crippen LogP contribution >= 0.6 is 69.6 Å². The number of rotatable bonds is 51. The van der Waals surface area contributed by atoms with Crippen LogP contribution in [0.15, 0.2) is 124 Å². The SMILES string of the molecule is CN1Cc2c(Cl)cc(Cl)cc2[C@H](c2ccc(S(=O)(=O)CCCOCCOCCOCCCC(=O)C(O)C(O)C(=O)NCCOCCOCCOCCNS(=O)(=O)c3ccc([C@@H]4CN(C)Cc5c(Cl)cc(Cl)cc54)cc3)cc2)C1.CN1Cc2c(Cl)cc(Cl)cc2[C@H](c2ccc(S(=O)(=O)NCCOCCOCCOCCN)cc2)C1.O=C(O)C(O)C(O)C(=O)O.O=C1CCC(=O)N1.O=C1CCC(=O)N1. The molecule has 0 bridgehead atoms. The van der Waals surface area contributed by atoms with Gasteiger partial charge < -0.3 is 99.0 Å². The number of nitrogens with two attached hydrogens (primary N) is 1. The Labute approximate surface area is 826 Å². The lowest BCUT2D eigenvalue weighted by molar-refractivity contribution is -0.165. The van der Waals surface area contributed by atoms with Gasteiger partial charge >= 0.3 is 11.9 Å². The molecule has 5 aliphatic rings. The Kier molecular flexibility index (Phi) is 51.1. The van der Waals surface area contributed by atoms with E-state index in [0.717, 1.165) is 76.3 Å². The number of carbonyl (C=O) groups is 8. The van der Waals surface area contributed by atoms with Gasteiger partial charge in [0.1, 0.15) is 6.10 Å². The third kappa shape index (κ3) is 40.1. The Morgan fingerprint density at radius 2 is 0.693 bits per heavy atom. The van der Waals surface area contributed by atoms with E-state index in [4.69, 9.17) is 138 Å². The maximum atomic E-state index is 13.0. The molecule has 2 saturated heterocycles. The topological polar surface area (TPSA) is 539 Å². The smallest absolute Gasteiger partial charge is 0.335 e. The predicted molar refractivity (Wildman–Crippen MR) is 508 cm³/mol. The summed E-state index contributed by atoms with van der Waals surface area (Å²) in [6, 6.07) is 31.8. The lowest BCUT2D eigenvalue weighted by Gasteiger charge is -2.33. The second kappa shape index (κ2) is 60.1. The highest BCUT2D eigenvalue weighted by Gasteiger charge is 2.35. The number of ether oxygens (including phenoxy) is 9. The molecule has 6 aromatic carbocycles. The number of carboxylic acid groups (broad SMARTS) is 2. The van der Waals surface area contributed by atoms with Gasteiger partial charge in [-0.1, -0.05) is 106 Å². The molecule has 38 nitrogen and oxygen atoms in total. The summed E-state index contributed by atoms with van der Waals surface area (Å²) in [5, 5.41) is 63.2. The molecule has 0 saturated carbocycles. The van der Waals surface area contributed by atoms with Gasteiger partial charge in [0.2, 0.25) is 43.7 Å². The van der Waals surface area contributed by atoms with Gasteiger partial charge in [0.25, 0.3) is 5.91 Å². The number of carboxylic acids is 2. The number of Topliss-reactive ketones (excluding diaryl/α,β-unsaturated/α-hetero) is 1. The number of aliphatic carboxylic acids is 2. The summed E-state index contributed by atoms with van der Waals surface area (Å²) in [4.78, 5) is 91.8. The summed E-state index contributed by atoms with van der Waals surface area (Å²) in [6.45, 7) is 10.2. The number of sulfonamides is 2. The number of aliphatic hydroxyl groups is 4. The van der Waals surface area contributed by atoms with E-state index in [1.807, 2.05) is 75.7 Å². The Morgan fingerprint density at radius 1 is 0.401 bits per heavy atom. The molecule has 6 aromatic rings. The highest BCUT2D eigenvalue weighted by Crippen LogP contribution is 2.42. The number of carbonyl (C=O) groups excluding carboxylic acids is 6. The van der Waals surface area contributed by atoms with Gasteiger partial charge in [-0.25, -0.2) is 44.3 Å². The largest absolute Gasteiger partial charge is 0.479 e. The zero-order valence-electron chi connectivity index (χ0n) is 75.9. The maximum Gasteiger partial charge on any atom is 0.335 e. The average Bonchev–Trinajstić information content (AvgIpc) is 1.09. The van der Waals surface area contributed by atoms with E-state index in [0.29, 0.717) is 115 Å². The van der Waals surface area contributed by atoms with Crippen molar-refractivity contribution in [2.45, 2.75) is 121 Å². The summed E-state index contributed by atoms with van der Waals surface area (Å²) in [7, 11) is -4.86. The molecule has 0 spiro atoms. The summed E-state index contributed by atoms with van der Waals surface area (Å²) in [5.74, 6) is -5.78. The molecule has 0 aliphatic carbocycles. The van der Waals surface area contributed by atoms with E-state index in [1.54, 1.807) is 54.6 Å². The first-order valence-corrected chi connectivity index (χ1v) is 50.6. The molecular weight excluding hydrogens is 1980 g/mol. The maximum absolute atomic E-state index is 13.0. The van der Waals surface area contributed by atoms with Gasteiger partial charge in [-0.3, -0.25) is 39.4 Å². The van der Waals surface area contributed by atoms with Crippen molar-refractivity contribution in [2.75, 3.05) is 192 Å². The zero-order chi connectivity index (χ0) is 100. The third-order valence-corrected chi connectivity index (χ3v) is 27.7. The summed E-state index contributed by atoms with van der Waals surface area (Å²) in [5.41, 5.74) is 14.5. The predicted octanol–water partition coefficient (Wildman–Crippen LogP) is 5.46. The van der Waals surface area contributed by atoms with Crippen LogP contribution in [0.25, 0.3) is 0 Å². The quantitative estimate of drug-likeness (QED) is 0.0166. The Bertz CT molecular complexity index is 5020. The van der Waals surface area contributed by atoms with Crippen LogP contribution < -0.4 is 31.1 Å². The number of hydrogen-bond donors (Lipinski definition) is 12. The van der Waals surface area contributed by atoms with Crippen molar-refractivity contribution in [3.05, 3.63) is 189 Å². The molecule has 47 heteroatoms. The lowest BCUT2D eigenvalue weighted by atomic mass is 9.85. The van der Waals surface area contributed by atoms with E-state index < -0.39 is 77.9 Å². The minimum absolute atomic E-state index is 0.00700. The number of nitrogens with zero attached hydrogens (tertiary/aromatic N) is 3. The zero-order valence-corrected chi connectivity index (χ0v) is 82.9. The normalized spacial score (nSPS) is 17.0. The van der Waals surface area contributed by atoms with E-state index in [-0.39, 0.29) is 180 Å². The number of aliphatic hydroxyl groups excluding tert-OH is 4. The monoisotopic (exact) mass is 2100 g/mol. The Hall–Kier alpha value is -7.49. The number of benzene rings is 6. The van der Waals surface area contributed by atoms with Crippen molar-refractivity contribution in [3.63, 3.8) is 0 Å². The number of ketones is 1. The summed E-state index contributed by atoms with van der Waals surface area (Å²) < 4.78 is 131.